The first kappa shape index (κ1) is 23.4. The predicted molar refractivity (Wildman–Crippen MR) is 142 cm³/mol. The number of hydrogen-bond acceptors (Lipinski definition) is 8. The molecule has 5 aromatic rings. The fourth-order valence-electron chi connectivity index (χ4n) is 3.89. The standard InChI is InChI=1S/C28H21N5O4/c1-37-27(34)19-12-14-20(15-13-19)29-26-24-18-23(33(35)36)16-17-25(24)30-28(31-26)32(21-8-4-2-5-9-21)22-10-6-3-7-11-22/h2-18H,1H3,(H,29,30,31). The number of rotatable bonds is 7. The van der Waals surface area contributed by atoms with Crippen LogP contribution in [0.5, 0.6) is 0 Å². The molecule has 9 heteroatoms. The van der Waals surface area contributed by atoms with Crippen molar-refractivity contribution in [3.63, 3.8) is 0 Å². The number of carbonyl (C=O) groups excluding carboxylic acids is 1. The molecule has 1 N–H and O–H groups in total. The summed E-state index contributed by atoms with van der Waals surface area (Å²) in [6.07, 6.45) is 0. The number of aromatic nitrogens is 2. The lowest BCUT2D eigenvalue weighted by Crippen LogP contribution is -2.14. The molecule has 9 nitrogen and oxygen atoms in total. The molecule has 0 unspecified atom stereocenters. The van der Waals surface area contributed by atoms with Crippen LogP contribution in [0, 0.1) is 10.1 Å². The Kier molecular flexibility index (Phi) is 6.41. The molecule has 37 heavy (non-hydrogen) atoms. The molecule has 0 spiro atoms. The zero-order valence-corrected chi connectivity index (χ0v) is 19.7. The summed E-state index contributed by atoms with van der Waals surface area (Å²) in [7, 11) is 1.32. The number of nitro groups is 1. The number of nitrogens with zero attached hydrogens (tertiary/aromatic N) is 4. The predicted octanol–water partition coefficient (Wildman–Crippen LogP) is 6.54. The summed E-state index contributed by atoms with van der Waals surface area (Å²) in [6, 6.07) is 30.5. The number of esters is 1. The lowest BCUT2D eigenvalue weighted by Gasteiger charge is -2.24. The van der Waals surface area contributed by atoms with Crippen molar-refractivity contribution in [2.75, 3.05) is 17.3 Å². The molecule has 0 atom stereocenters. The first-order valence-electron chi connectivity index (χ1n) is 11.4. The molecule has 0 aliphatic heterocycles. The van der Waals surface area contributed by atoms with E-state index in [1.165, 1.54) is 19.2 Å². The molecule has 5 rings (SSSR count). The van der Waals surface area contributed by atoms with Gasteiger partial charge in [-0.2, -0.15) is 4.98 Å². The van der Waals surface area contributed by atoms with Crippen molar-refractivity contribution >= 4 is 51.4 Å². The summed E-state index contributed by atoms with van der Waals surface area (Å²) in [5.74, 6) is 0.317. The van der Waals surface area contributed by atoms with Gasteiger partial charge in [0.05, 0.1) is 23.1 Å². The van der Waals surface area contributed by atoms with E-state index in [4.69, 9.17) is 14.7 Å². The van der Waals surface area contributed by atoms with Crippen LogP contribution in [-0.4, -0.2) is 28.0 Å². The molecule has 0 aliphatic carbocycles. The lowest BCUT2D eigenvalue weighted by atomic mass is 10.2. The van der Waals surface area contributed by atoms with Gasteiger partial charge in [0.1, 0.15) is 5.82 Å². The monoisotopic (exact) mass is 491 g/mol. The van der Waals surface area contributed by atoms with Crippen molar-refractivity contribution in [3.8, 4) is 0 Å². The second-order valence-corrected chi connectivity index (χ2v) is 8.03. The minimum absolute atomic E-state index is 0.0732. The summed E-state index contributed by atoms with van der Waals surface area (Å²) in [5.41, 5.74) is 3.19. The molecule has 0 aliphatic rings. The third-order valence-corrected chi connectivity index (χ3v) is 5.68. The summed E-state index contributed by atoms with van der Waals surface area (Å²) in [5, 5.41) is 15.2. The Morgan fingerprint density at radius 2 is 1.49 bits per heavy atom. The van der Waals surface area contributed by atoms with Crippen molar-refractivity contribution in [2.24, 2.45) is 0 Å². The number of carbonyl (C=O) groups is 1. The highest BCUT2D eigenvalue weighted by molar-refractivity contribution is 5.95. The van der Waals surface area contributed by atoms with E-state index < -0.39 is 10.9 Å². The van der Waals surface area contributed by atoms with Gasteiger partial charge in [-0.3, -0.25) is 15.0 Å². The van der Waals surface area contributed by atoms with E-state index in [9.17, 15) is 14.9 Å². The van der Waals surface area contributed by atoms with Gasteiger partial charge >= 0.3 is 5.97 Å². The van der Waals surface area contributed by atoms with Crippen molar-refractivity contribution in [1.82, 2.24) is 9.97 Å². The van der Waals surface area contributed by atoms with Gasteiger partial charge in [-0.1, -0.05) is 36.4 Å². The molecular formula is C28H21N5O4. The van der Waals surface area contributed by atoms with Gasteiger partial charge in [0.25, 0.3) is 5.69 Å². The van der Waals surface area contributed by atoms with Crippen molar-refractivity contribution in [2.45, 2.75) is 0 Å². The fraction of sp³-hybridized carbons (Fsp3) is 0.0357. The summed E-state index contributed by atoms with van der Waals surface area (Å²) < 4.78 is 4.76. The van der Waals surface area contributed by atoms with Gasteiger partial charge in [-0.15, -0.1) is 0 Å². The van der Waals surface area contributed by atoms with Gasteiger partial charge in [0.15, 0.2) is 0 Å². The molecule has 182 valence electrons. The smallest absolute Gasteiger partial charge is 0.337 e. The second-order valence-electron chi connectivity index (χ2n) is 8.03. The highest BCUT2D eigenvalue weighted by atomic mass is 16.6. The van der Waals surface area contributed by atoms with Crippen LogP contribution in [0.3, 0.4) is 0 Å². The van der Waals surface area contributed by atoms with Gasteiger partial charge in [-0.05, 0) is 54.6 Å². The van der Waals surface area contributed by atoms with Crippen molar-refractivity contribution < 1.29 is 14.5 Å². The first-order valence-corrected chi connectivity index (χ1v) is 11.4. The molecule has 0 saturated heterocycles. The zero-order valence-electron chi connectivity index (χ0n) is 19.7. The highest BCUT2D eigenvalue weighted by Gasteiger charge is 2.19. The SMILES string of the molecule is COC(=O)c1ccc(Nc2nc(N(c3ccccc3)c3ccccc3)nc3ccc([N+](=O)[O-])cc23)cc1. The molecule has 0 fully saturated rings. The number of non-ortho nitro benzene ring substituents is 1. The van der Waals surface area contributed by atoms with Gasteiger partial charge < -0.3 is 10.1 Å². The molecule has 1 aromatic heterocycles. The van der Waals surface area contributed by atoms with Crippen LogP contribution < -0.4 is 10.2 Å². The summed E-state index contributed by atoms with van der Waals surface area (Å²) >= 11 is 0. The third kappa shape index (κ3) is 4.92. The maximum atomic E-state index is 11.8. The molecule has 0 bridgehead atoms. The van der Waals surface area contributed by atoms with Gasteiger partial charge in [-0.25, -0.2) is 9.78 Å². The van der Waals surface area contributed by atoms with Crippen LogP contribution in [-0.2, 0) is 4.74 Å². The largest absolute Gasteiger partial charge is 0.465 e. The molecule has 1 heterocycles. The van der Waals surface area contributed by atoms with Crippen LogP contribution in [0.15, 0.2) is 103 Å². The third-order valence-electron chi connectivity index (χ3n) is 5.68. The Morgan fingerprint density at radius 1 is 0.865 bits per heavy atom. The Bertz CT molecular complexity index is 1540. The van der Waals surface area contributed by atoms with E-state index >= 15 is 0 Å². The molecule has 4 aromatic carbocycles. The van der Waals surface area contributed by atoms with Crippen LogP contribution in [0.4, 0.5) is 34.5 Å². The number of fused-ring (bicyclic) bond motifs is 1. The normalized spacial score (nSPS) is 10.6. The Morgan fingerprint density at radius 3 is 2.05 bits per heavy atom. The number of hydrogen-bond donors (Lipinski definition) is 1. The zero-order chi connectivity index (χ0) is 25.8. The molecular weight excluding hydrogens is 470 g/mol. The maximum absolute atomic E-state index is 11.8. The summed E-state index contributed by atoms with van der Waals surface area (Å²) in [6.45, 7) is 0. The lowest BCUT2D eigenvalue weighted by molar-refractivity contribution is -0.384. The second kappa shape index (κ2) is 10.1. The van der Waals surface area contributed by atoms with E-state index in [1.807, 2.05) is 65.6 Å². The Hall–Kier alpha value is -5.31. The number of nitro benzene ring substituents is 1. The Balaban J connectivity index is 1.67. The summed E-state index contributed by atoms with van der Waals surface area (Å²) in [4.78, 5) is 34.3. The van der Waals surface area contributed by atoms with Crippen LogP contribution >= 0.6 is 0 Å². The first-order chi connectivity index (χ1) is 18.0. The molecule has 0 radical (unpaired) electrons. The topological polar surface area (TPSA) is 110 Å². The number of para-hydroxylation sites is 2. The fourth-order valence-corrected chi connectivity index (χ4v) is 3.89. The van der Waals surface area contributed by atoms with E-state index in [0.717, 1.165) is 11.4 Å². The number of nitrogens with one attached hydrogen (secondary N) is 1. The quantitative estimate of drug-likeness (QED) is 0.155. The van der Waals surface area contributed by atoms with Gasteiger partial charge in [0.2, 0.25) is 5.95 Å². The van der Waals surface area contributed by atoms with E-state index in [-0.39, 0.29) is 5.69 Å². The minimum Gasteiger partial charge on any atom is -0.465 e. The maximum Gasteiger partial charge on any atom is 0.337 e. The van der Waals surface area contributed by atoms with E-state index in [0.29, 0.717) is 33.9 Å². The van der Waals surface area contributed by atoms with Crippen molar-refractivity contribution in [1.29, 1.82) is 0 Å². The average Bonchev–Trinajstić information content (AvgIpc) is 2.94. The van der Waals surface area contributed by atoms with Crippen LogP contribution in [0.1, 0.15) is 10.4 Å². The molecule has 0 saturated carbocycles. The van der Waals surface area contributed by atoms with Crippen LogP contribution in [0.25, 0.3) is 10.9 Å². The number of benzene rings is 4. The highest BCUT2D eigenvalue weighted by Crippen LogP contribution is 2.36. The number of ether oxygens (including phenoxy) is 1. The average molecular weight is 492 g/mol. The van der Waals surface area contributed by atoms with Crippen LogP contribution in [0.2, 0.25) is 0 Å². The van der Waals surface area contributed by atoms with E-state index in [2.05, 4.69) is 5.32 Å². The van der Waals surface area contributed by atoms with Crippen molar-refractivity contribution in [3.05, 3.63) is 119 Å². The minimum atomic E-state index is -0.456. The van der Waals surface area contributed by atoms with Gasteiger partial charge in [0, 0.05) is 34.6 Å². The molecule has 0 amide bonds. The Labute approximate surface area is 212 Å². The number of anilines is 5. The van der Waals surface area contributed by atoms with E-state index in [1.54, 1.807) is 30.3 Å². The number of methoxy groups -OCH3 is 1.